The van der Waals surface area contributed by atoms with Crippen LogP contribution in [0, 0.1) is 0 Å². The summed E-state index contributed by atoms with van der Waals surface area (Å²) in [6, 6.07) is 8.55. The zero-order valence-corrected chi connectivity index (χ0v) is 10.3. The summed E-state index contributed by atoms with van der Waals surface area (Å²) in [6.07, 6.45) is 2.06. The van der Waals surface area contributed by atoms with E-state index in [-0.39, 0.29) is 11.3 Å². The number of aromatic hydroxyl groups is 1. The van der Waals surface area contributed by atoms with Crippen LogP contribution in [0.4, 0.5) is 0 Å². The molecule has 0 unspecified atom stereocenters. The molecule has 0 spiro atoms. The van der Waals surface area contributed by atoms with Crippen molar-refractivity contribution in [1.82, 2.24) is 5.32 Å². The summed E-state index contributed by atoms with van der Waals surface area (Å²) in [5.74, 6) is -0.129. The molecule has 0 aliphatic heterocycles. The van der Waals surface area contributed by atoms with Gasteiger partial charge in [0.05, 0.1) is 12.1 Å². The molecule has 0 amide bonds. The summed E-state index contributed by atoms with van der Waals surface area (Å²) in [5, 5.41) is 21.1. The molecule has 0 saturated heterocycles. The van der Waals surface area contributed by atoms with Gasteiger partial charge in [-0.1, -0.05) is 12.1 Å². The second kappa shape index (κ2) is 6.06. The van der Waals surface area contributed by atoms with Gasteiger partial charge < -0.3 is 19.9 Å². The predicted octanol–water partition coefficient (Wildman–Crippen LogP) is 2.02. The van der Waals surface area contributed by atoms with Crippen molar-refractivity contribution in [3.8, 4) is 5.75 Å². The Morgan fingerprint density at radius 2 is 2.00 bits per heavy atom. The van der Waals surface area contributed by atoms with Crippen LogP contribution in [-0.2, 0) is 13.0 Å². The van der Waals surface area contributed by atoms with Crippen molar-refractivity contribution in [1.29, 1.82) is 0 Å². The normalized spacial score (nSPS) is 10.5. The third-order valence-corrected chi connectivity index (χ3v) is 2.73. The summed E-state index contributed by atoms with van der Waals surface area (Å²) >= 11 is 0. The highest BCUT2D eigenvalue weighted by atomic mass is 16.4. The van der Waals surface area contributed by atoms with E-state index in [9.17, 15) is 4.79 Å². The lowest BCUT2D eigenvalue weighted by molar-refractivity contribution is 0.0696. The predicted molar refractivity (Wildman–Crippen MR) is 69.2 cm³/mol. The average Bonchev–Trinajstić information content (AvgIpc) is 2.86. The molecule has 1 aromatic carbocycles. The van der Waals surface area contributed by atoms with Gasteiger partial charge in [-0.2, -0.15) is 0 Å². The van der Waals surface area contributed by atoms with Crippen molar-refractivity contribution in [3.63, 3.8) is 0 Å². The van der Waals surface area contributed by atoms with Crippen LogP contribution in [0.25, 0.3) is 0 Å². The second-order valence-corrected chi connectivity index (χ2v) is 4.20. The molecule has 0 bridgehead atoms. The highest BCUT2D eigenvalue weighted by Crippen LogP contribution is 2.10. The zero-order chi connectivity index (χ0) is 13.7. The van der Waals surface area contributed by atoms with E-state index in [0.29, 0.717) is 12.3 Å². The maximum atomic E-state index is 10.7. The van der Waals surface area contributed by atoms with Gasteiger partial charge in [-0.3, -0.25) is 0 Å². The van der Waals surface area contributed by atoms with E-state index in [2.05, 4.69) is 5.32 Å². The monoisotopic (exact) mass is 261 g/mol. The number of nitrogens with one attached hydrogen (secondary N) is 1. The number of carboxylic acid groups (broad SMARTS) is 1. The van der Waals surface area contributed by atoms with Crippen LogP contribution < -0.4 is 5.32 Å². The Balaban J connectivity index is 1.74. The Morgan fingerprint density at radius 1 is 1.26 bits per heavy atom. The van der Waals surface area contributed by atoms with Gasteiger partial charge >= 0.3 is 5.97 Å². The number of benzene rings is 1. The van der Waals surface area contributed by atoms with Crippen LogP contribution in [0.5, 0.6) is 5.75 Å². The van der Waals surface area contributed by atoms with Gasteiger partial charge in [0.2, 0.25) is 0 Å². The highest BCUT2D eigenvalue weighted by Gasteiger charge is 2.07. The molecule has 5 nitrogen and oxygen atoms in total. The summed E-state index contributed by atoms with van der Waals surface area (Å²) in [4.78, 5) is 10.7. The van der Waals surface area contributed by atoms with Crippen molar-refractivity contribution in [2.75, 3.05) is 6.54 Å². The molecule has 19 heavy (non-hydrogen) atoms. The van der Waals surface area contributed by atoms with Crippen molar-refractivity contribution in [2.45, 2.75) is 13.0 Å². The summed E-state index contributed by atoms with van der Waals surface area (Å²) in [6.45, 7) is 1.24. The Hall–Kier alpha value is -2.27. The van der Waals surface area contributed by atoms with E-state index < -0.39 is 5.97 Å². The summed E-state index contributed by atoms with van der Waals surface area (Å²) < 4.78 is 5.12. The number of rotatable bonds is 6. The largest absolute Gasteiger partial charge is 0.508 e. The quantitative estimate of drug-likeness (QED) is 0.693. The molecule has 3 N–H and O–H groups in total. The van der Waals surface area contributed by atoms with Gasteiger partial charge in [-0.25, -0.2) is 4.79 Å². The molecule has 2 aromatic rings. The number of carbonyl (C=O) groups is 1. The topological polar surface area (TPSA) is 82.7 Å². The number of hydrogen-bond donors (Lipinski definition) is 3. The molecule has 1 aromatic heterocycles. The first-order valence-corrected chi connectivity index (χ1v) is 5.94. The molecule has 2 rings (SSSR count). The average molecular weight is 261 g/mol. The highest BCUT2D eigenvalue weighted by molar-refractivity contribution is 5.87. The number of hydrogen-bond acceptors (Lipinski definition) is 4. The van der Waals surface area contributed by atoms with Gasteiger partial charge in [-0.05, 0) is 36.7 Å². The summed E-state index contributed by atoms with van der Waals surface area (Å²) in [5.41, 5.74) is 1.28. The van der Waals surface area contributed by atoms with E-state index in [4.69, 9.17) is 14.6 Å². The minimum Gasteiger partial charge on any atom is -0.508 e. The maximum Gasteiger partial charge on any atom is 0.338 e. The molecular formula is C14H15NO4. The number of phenolic OH excluding ortho intramolecular Hbond substituents is 1. The molecule has 0 aliphatic carbocycles. The molecule has 0 atom stereocenters. The number of aromatic carboxylic acids is 1. The van der Waals surface area contributed by atoms with Crippen LogP contribution in [0.15, 0.2) is 41.0 Å². The van der Waals surface area contributed by atoms with Gasteiger partial charge in [0.15, 0.2) is 0 Å². The first-order valence-electron chi connectivity index (χ1n) is 5.94. The minimum atomic E-state index is -0.987. The van der Waals surface area contributed by atoms with Gasteiger partial charge in [0, 0.05) is 0 Å². The van der Waals surface area contributed by atoms with E-state index in [1.54, 1.807) is 12.1 Å². The van der Waals surface area contributed by atoms with Crippen LogP contribution in [0.1, 0.15) is 21.7 Å². The molecule has 0 fully saturated rings. The molecule has 0 aliphatic rings. The van der Waals surface area contributed by atoms with E-state index >= 15 is 0 Å². The van der Waals surface area contributed by atoms with Crippen LogP contribution in [0.2, 0.25) is 0 Å². The Bertz CT molecular complexity index is 545. The fraction of sp³-hybridized carbons (Fsp3) is 0.214. The zero-order valence-electron chi connectivity index (χ0n) is 10.3. The lowest BCUT2D eigenvalue weighted by Gasteiger charge is -2.03. The number of furan rings is 1. The van der Waals surface area contributed by atoms with Crippen LogP contribution >= 0.6 is 0 Å². The maximum absolute atomic E-state index is 10.7. The molecule has 1 heterocycles. The Morgan fingerprint density at radius 3 is 2.63 bits per heavy atom. The number of carboxylic acids is 1. The lowest BCUT2D eigenvalue weighted by atomic mass is 10.1. The molecule has 0 saturated carbocycles. The van der Waals surface area contributed by atoms with E-state index in [1.165, 1.54) is 12.3 Å². The smallest absolute Gasteiger partial charge is 0.338 e. The first-order chi connectivity index (χ1) is 9.15. The van der Waals surface area contributed by atoms with Gasteiger partial charge in [0.25, 0.3) is 0 Å². The van der Waals surface area contributed by atoms with Gasteiger partial charge in [0.1, 0.15) is 17.8 Å². The molecule has 5 heteroatoms. The third-order valence-electron chi connectivity index (χ3n) is 2.73. The first kappa shape index (κ1) is 13.2. The third kappa shape index (κ3) is 3.86. The van der Waals surface area contributed by atoms with Crippen LogP contribution in [0.3, 0.4) is 0 Å². The van der Waals surface area contributed by atoms with Crippen LogP contribution in [-0.4, -0.2) is 22.7 Å². The Labute approximate surface area is 110 Å². The second-order valence-electron chi connectivity index (χ2n) is 4.20. The Kier molecular flexibility index (Phi) is 4.20. The van der Waals surface area contributed by atoms with E-state index in [0.717, 1.165) is 18.5 Å². The fourth-order valence-corrected chi connectivity index (χ4v) is 1.69. The molecular weight excluding hydrogens is 246 g/mol. The SMILES string of the molecule is O=C(O)c1coc(CNCCc2ccc(O)cc2)c1. The van der Waals surface area contributed by atoms with Crippen molar-refractivity contribution in [3.05, 3.63) is 53.5 Å². The molecule has 100 valence electrons. The number of phenols is 1. The fourth-order valence-electron chi connectivity index (χ4n) is 1.69. The minimum absolute atomic E-state index is 0.162. The van der Waals surface area contributed by atoms with Crippen molar-refractivity contribution in [2.24, 2.45) is 0 Å². The standard InChI is InChI=1S/C14H15NO4/c16-12-3-1-10(2-4-12)5-6-15-8-13-7-11(9-19-13)14(17)18/h1-4,7,9,15-16H,5-6,8H2,(H,17,18). The molecule has 0 radical (unpaired) electrons. The summed E-state index contributed by atoms with van der Waals surface area (Å²) in [7, 11) is 0. The van der Waals surface area contributed by atoms with Gasteiger partial charge in [-0.15, -0.1) is 0 Å². The van der Waals surface area contributed by atoms with Crippen molar-refractivity contribution >= 4 is 5.97 Å². The lowest BCUT2D eigenvalue weighted by Crippen LogP contribution is -2.16. The van der Waals surface area contributed by atoms with E-state index in [1.807, 2.05) is 12.1 Å². The van der Waals surface area contributed by atoms with Crippen molar-refractivity contribution < 1.29 is 19.4 Å².